The van der Waals surface area contributed by atoms with Crippen LogP contribution >= 0.6 is 0 Å². The van der Waals surface area contributed by atoms with Crippen molar-refractivity contribution in [2.45, 2.75) is 33.2 Å². The summed E-state index contributed by atoms with van der Waals surface area (Å²) in [6.45, 7) is 5.48. The van der Waals surface area contributed by atoms with Crippen LogP contribution in [-0.2, 0) is 20.7 Å². The number of carbonyl (C=O) groups excluding carboxylic acids is 2. The van der Waals surface area contributed by atoms with Gasteiger partial charge in [-0.15, -0.1) is 0 Å². The van der Waals surface area contributed by atoms with E-state index in [-0.39, 0.29) is 25.2 Å². The van der Waals surface area contributed by atoms with Crippen molar-refractivity contribution in [2.75, 3.05) is 18.1 Å². The highest BCUT2D eigenvalue weighted by Gasteiger charge is 2.30. The molecule has 5 nitrogen and oxygen atoms in total. The van der Waals surface area contributed by atoms with Gasteiger partial charge in [0.15, 0.2) is 13.2 Å². The summed E-state index contributed by atoms with van der Waals surface area (Å²) < 4.78 is 10.5. The molecular formula is C21H23NO4. The van der Waals surface area contributed by atoms with Gasteiger partial charge in [-0.05, 0) is 62.1 Å². The van der Waals surface area contributed by atoms with E-state index in [9.17, 15) is 9.59 Å². The number of amides is 1. The first kappa shape index (κ1) is 18.0. The average Bonchev–Trinajstić information content (AvgIpc) is 2.96. The number of carbonyl (C=O) groups is 2. The van der Waals surface area contributed by atoms with Crippen molar-refractivity contribution in [3.8, 4) is 5.75 Å². The average molecular weight is 353 g/mol. The van der Waals surface area contributed by atoms with Crippen LogP contribution in [0, 0.1) is 13.8 Å². The van der Waals surface area contributed by atoms with Gasteiger partial charge < -0.3 is 14.4 Å². The highest BCUT2D eigenvalue weighted by molar-refractivity contribution is 5.97. The minimum Gasteiger partial charge on any atom is -0.482 e. The molecule has 1 aliphatic heterocycles. The summed E-state index contributed by atoms with van der Waals surface area (Å²) in [6.07, 6.45) is 0.811. The summed E-state index contributed by atoms with van der Waals surface area (Å²) in [6, 6.07) is 13.5. The van der Waals surface area contributed by atoms with E-state index in [1.807, 2.05) is 63.2 Å². The SMILES string of the molecule is Cc1ccc(OCC(=O)OCC(=O)N2c3ccccc3CC2C)cc1C. The van der Waals surface area contributed by atoms with Gasteiger partial charge in [0.25, 0.3) is 5.91 Å². The molecule has 3 rings (SSSR count). The molecule has 0 saturated carbocycles. The second-order valence-corrected chi connectivity index (χ2v) is 6.64. The van der Waals surface area contributed by atoms with Gasteiger partial charge in [-0.25, -0.2) is 4.79 Å². The summed E-state index contributed by atoms with van der Waals surface area (Å²) in [5, 5.41) is 0. The summed E-state index contributed by atoms with van der Waals surface area (Å²) in [5.74, 6) is -0.169. The normalized spacial score (nSPS) is 15.5. The molecule has 1 heterocycles. The van der Waals surface area contributed by atoms with Gasteiger partial charge in [-0.2, -0.15) is 0 Å². The number of hydrogen-bond acceptors (Lipinski definition) is 4. The lowest BCUT2D eigenvalue weighted by molar-refractivity contribution is -0.149. The molecule has 26 heavy (non-hydrogen) atoms. The van der Waals surface area contributed by atoms with E-state index >= 15 is 0 Å². The van der Waals surface area contributed by atoms with Gasteiger partial charge in [-0.1, -0.05) is 24.3 Å². The van der Waals surface area contributed by atoms with Crippen LogP contribution in [-0.4, -0.2) is 31.1 Å². The van der Waals surface area contributed by atoms with Crippen molar-refractivity contribution in [3.05, 3.63) is 59.2 Å². The van der Waals surface area contributed by atoms with Crippen LogP contribution in [0.3, 0.4) is 0 Å². The fraction of sp³-hybridized carbons (Fsp3) is 0.333. The van der Waals surface area contributed by atoms with Crippen molar-refractivity contribution < 1.29 is 19.1 Å². The third-order valence-electron chi connectivity index (χ3n) is 4.67. The fourth-order valence-electron chi connectivity index (χ4n) is 3.14. The summed E-state index contributed by atoms with van der Waals surface area (Å²) in [4.78, 5) is 26.1. The smallest absolute Gasteiger partial charge is 0.344 e. The van der Waals surface area contributed by atoms with Crippen LogP contribution in [0.15, 0.2) is 42.5 Å². The van der Waals surface area contributed by atoms with Gasteiger partial charge in [0.1, 0.15) is 5.75 Å². The van der Waals surface area contributed by atoms with Crippen molar-refractivity contribution >= 4 is 17.6 Å². The van der Waals surface area contributed by atoms with Crippen molar-refractivity contribution in [1.82, 2.24) is 0 Å². The first-order valence-corrected chi connectivity index (χ1v) is 8.71. The lowest BCUT2D eigenvalue weighted by Gasteiger charge is -2.22. The summed E-state index contributed by atoms with van der Waals surface area (Å²) >= 11 is 0. The monoisotopic (exact) mass is 353 g/mol. The number of aryl methyl sites for hydroxylation is 2. The molecule has 1 unspecified atom stereocenters. The molecule has 1 amide bonds. The van der Waals surface area contributed by atoms with E-state index in [2.05, 4.69) is 0 Å². The highest BCUT2D eigenvalue weighted by Crippen LogP contribution is 2.31. The number of hydrogen-bond donors (Lipinski definition) is 0. The number of ether oxygens (including phenoxy) is 2. The fourth-order valence-corrected chi connectivity index (χ4v) is 3.14. The van der Waals surface area contributed by atoms with Crippen LogP contribution in [0.1, 0.15) is 23.6 Å². The minimum atomic E-state index is -0.559. The standard InChI is InChI=1S/C21H23NO4/c1-14-8-9-18(10-15(14)2)25-13-21(24)26-12-20(23)22-16(3)11-17-6-4-5-7-19(17)22/h4-10,16H,11-13H2,1-3H3. The molecular weight excluding hydrogens is 330 g/mol. The lowest BCUT2D eigenvalue weighted by Crippen LogP contribution is -2.39. The second-order valence-electron chi connectivity index (χ2n) is 6.64. The predicted octanol–water partition coefficient (Wildman–Crippen LogP) is 3.20. The zero-order valence-electron chi connectivity index (χ0n) is 15.3. The summed E-state index contributed by atoms with van der Waals surface area (Å²) in [5.41, 5.74) is 4.28. The van der Waals surface area contributed by atoms with Crippen molar-refractivity contribution in [1.29, 1.82) is 0 Å². The topological polar surface area (TPSA) is 55.8 Å². The number of nitrogens with zero attached hydrogens (tertiary/aromatic N) is 1. The maximum Gasteiger partial charge on any atom is 0.344 e. The summed E-state index contributed by atoms with van der Waals surface area (Å²) in [7, 11) is 0. The first-order valence-electron chi connectivity index (χ1n) is 8.71. The third kappa shape index (κ3) is 3.87. The second kappa shape index (κ2) is 7.60. The Hall–Kier alpha value is -2.82. The van der Waals surface area contributed by atoms with Crippen LogP contribution in [0.4, 0.5) is 5.69 Å². The molecule has 0 aliphatic carbocycles. The number of fused-ring (bicyclic) bond motifs is 1. The molecule has 2 aromatic carbocycles. The Balaban J connectivity index is 1.51. The van der Waals surface area contributed by atoms with Crippen LogP contribution in [0.2, 0.25) is 0 Å². The highest BCUT2D eigenvalue weighted by atomic mass is 16.6. The van der Waals surface area contributed by atoms with E-state index in [0.717, 1.165) is 28.8 Å². The Labute approximate surface area is 153 Å². The Bertz CT molecular complexity index is 831. The number of anilines is 1. The molecule has 1 atom stereocenters. The number of para-hydroxylation sites is 1. The molecule has 5 heteroatoms. The molecule has 0 N–H and O–H groups in total. The van der Waals surface area contributed by atoms with Crippen LogP contribution in [0.5, 0.6) is 5.75 Å². The number of benzene rings is 2. The minimum absolute atomic E-state index is 0.0605. The van der Waals surface area contributed by atoms with E-state index in [4.69, 9.17) is 9.47 Å². The van der Waals surface area contributed by atoms with E-state index in [1.54, 1.807) is 4.90 Å². The molecule has 1 aliphatic rings. The maximum atomic E-state index is 12.5. The van der Waals surface area contributed by atoms with Crippen molar-refractivity contribution in [3.63, 3.8) is 0 Å². The van der Waals surface area contributed by atoms with Gasteiger partial charge in [0.2, 0.25) is 0 Å². The van der Waals surface area contributed by atoms with E-state index in [0.29, 0.717) is 5.75 Å². The largest absolute Gasteiger partial charge is 0.482 e. The van der Waals surface area contributed by atoms with Gasteiger partial charge in [0, 0.05) is 11.7 Å². The molecule has 0 spiro atoms. The zero-order chi connectivity index (χ0) is 18.7. The van der Waals surface area contributed by atoms with Crippen LogP contribution in [0.25, 0.3) is 0 Å². The predicted molar refractivity (Wildman–Crippen MR) is 99.5 cm³/mol. The molecule has 0 saturated heterocycles. The quantitative estimate of drug-likeness (QED) is 0.775. The zero-order valence-corrected chi connectivity index (χ0v) is 15.3. The maximum absolute atomic E-state index is 12.5. The van der Waals surface area contributed by atoms with E-state index in [1.165, 1.54) is 0 Å². The Kier molecular flexibility index (Phi) is 5.26. The third-order valence-corrected chi connectivity index (χ3v) is 4.67. The van der Waals surface area contributed by atoms with Gasteiger partial charge >= 0.3 is 5.97 Å². The first-order chi connectivity index (χ1) is 12.5. The molecule has 0 radical (unpaired) electrons. The Morgan fingerprint density at radius 2 is 1.85 bits per heavy atom. The van der Waals surface area contributed by atoms with Gasteiger partial charge in [-0.3, -0.25) is 4.79 Å². The lowest BCUT2D eigenvalue weighted by atomic mass is 10.1. The molecule has 0 aromatic heterocycles. The van der Waals surface area contributed by atoms with Crippen molar-refractivity contribution in [2.24, 2.45) is 0 Å². The molecule has 0 fully saturated rings. The van der Waals surface area contributed by atoms with Crippen LogP contribution < -0.4 is 9.64 Å². The molecule has 2 aromatic rings. The molecule has 0 bridgehead atoms. The van der Waals surface area contributed by atoms with E-state index < -0.39 is 5.97 Å². The number of esters is 1. The number of rotatable bonds is 5. The Morgan fingerprint density at radius 3 is 2.62 bits per heavy atom. The van der Waals surface area contributed by atoms with Gasteiger partial charge in [0.05, 0.1) is 0 Å². The molecule has 136 valence electrons. The Morgan fingerprint density at radius 1 is 1.08 bits per heavy atom.